The first kappa shape index (κ1) is 20.9. The minimum absolute atomic E-state index is 0.349. The molecule has 0 heterocycles. The van der Waals surface area contributed by atoms with E-state index in [0.29, 0.717) is 6.42 Å². The van der Waals surface area contributed by atoms with Gasteiger partial charge in [-0.15, -0.1) is 0 Å². The van der Waals surface area contributed by atoms with Crippen molar-refractivity contribution in [1.29, 1.82) is 0 Å². The summed E-state index contributed by atoms with van der Waals surface area (Å²) < 4.78 is 0. The van der Waals surface area contributed by atoms with E-state index >= 15 is 0 Å². The van der Waals surface area contributed by atoms with Crippen LogP contribution < -0.4 is 0 Å². The second kappa shape index (κ2) is 16.2. The number of allylic oxidation sites excluding steroid dienone is 4. The third-order valence-electron chi connectivity index (χ3n) is 3.57. The Morgan fingerprint density at radius 2 is 1.50 bits per heavy atom. The molecule has 2 N–H and O–H groups in total. The molecule has 128 valence electrons. The van der Waals surface area contributed by atoms with Crippen LogP contribution in [0.2, 0.25) is 0 Å². The molecule has 0 radical (unpaired) electrons. The number of hydrogen-bond acceptors (Lipinski definition) is 4. The molecule has 0 saturated heterocycles. The third-order valence-corrected chi connectivity index (χ3v) is 3.57. The van der Waals surface area contributed by atoms with E-state index < -0.39 is 12.1 Å². The number of carbonyl (C=O) groups is 1. The van der Waals surface area contributed by atoms with Crippen LogP contribution in [0, 0.1) is 0 Å². The molecule has 0 spiro atoms. The molecule has 0 rings (SSSR count). The summed E-state index contributed by atoms with van der Waals surface area (Å²) in [5, 5.41) is 17.4. The van der Waals surface area contributed by atoms with Gasteiger partial charge in [0.05, 0.1) is 0 Å². The molecule has 22 heavy (non-hydrogen) atoms. The van der Waals surface area contributed by atoms with Gasteiger partial charge in [-0.25, -0.2) is 4.79 Å². The Hall–Kier alpha value is -1.13. The Bertz CT molecular complexity index is 310. The quantitative estimate of drug-likeness (QED) is 0.209. The van der Waals surface area contributed by atoms with Crippen LogP contribution in [0.3, 0.4) is 0 Å². The monoisotopic (exact) mass is 312 g/mol. The van der Waals surface area contributed by atoms with Gasteiger partial charge in [0, 0.05) is 0 Å². The van der Waals surface area contributed by atoms with Crippen molar-refractivity contribution < 1.29 is 20.0 Å². The Kier molecular flexibility index (Phi) is 15.4. The number of carbonyl (C=O) groups excluding carboxylic acids is 1. The number of rotatable bonds is 14. The molecular weight excluding hydrogens is 280 g/mol. The lowest BCUT2D eigenvalue weighted by Crippen LogP contribution is -2.21. The van der Waals surface area contributed by atoms with Crippen molar-refractivity contribution in [3.8, 4) is 0 Å². The minimum Gasteiger partial charge on any atom is -0.381 e. The van der Waals surface area contributed by atoms with Crippen LogP contribution >= 0.6 is 0 Å². The van der Waals surface area contributed by atoms with Crippen molar-refractivity contribution in [3.63, 3.8) is 0 Å². The summed E-state index contributed by atoms with van der Waals surface area (Å²) in [6.45, 7) is 2.22. The zero-order valence-corrected chi connectivity index (χ0v) is 13.9. The van der Waals surface area contributed by atoms with Gasteiger partial charge in [0.1, 0.15) is 0 Å². The fourth-order valence-corrected chi connectivity index (χ4v) is 2.17. The highest BCUT2D eigenvalue weighted by Gasteiger charge is 2.15. The van der Waals surface area contributed by atoms with Crippen molar-refractivity contribution in [2.24, 2.45) is 0 Å². The summed E-state index contributed by atoms with van der Waals surface area (Å²) in [6, 6.07) is 0. The molecule has 0 fully saturated rings. The summed E-state index contributed by atoms with van der Waals surface area (Å²) in [7, 11) is 0. The van der Waals surface area contributed by atoms with Crippen molar-refractivity contribution in [1.82, 2.24) is 0 Å². The minimum atomic E-state index is -1.20. The molecule has 0 aromatic carbocycles. The number of hydrogen-bond donors (Lipinski definition) is 2. The van der Waals surface area contributed by atoms with E-state index in [9.17, 15) is 9.90 Å². The van der Waals surface area contributed by atoms with Crippen LogP contribution in [0.15, 0.2) is 24.3 Å². The topological polar surface area (TPSA) is 66.8 Å². The zero-order chi connectivity index (χ0) is 16.5. The summed E-state index contributed by atoms with van der Waals surface area (Å²) in [4.78, 5) is 14.2. The highest BCUT2D eigenvalue weighted by molar-refractivity contribution is 5.73. The van der Waals surface area contributed by atoms with Crippen molar-refractivity contribution in [3.05, 3.63) is 24.3 Å². The molecule has 0 amide bonds. The van der Waals surface area contributed by atoms with Gasteiger partial charge in [0.2, 0.25) is 0 Å². The molecule has 4 nitrogen and oxygen atoms in total. The lowest BCUT2D eigenvalue weighted by molar-refractivity contribution is -0.242. The van der Waals surface area contributed by atoms with Crippen LogP contribution in [0.25, 0.3) is 0 Å². The van der Waals surface area contributed by atoms with E-state index in [1.165, 1.54) is 32.1 Å². The summed E-state index contributed by atoms with van der Waals surface area (Å²) in [5.41, 5.74) is 0. The molecule has 0 aromatic rings. The summed E-state index contributed by atoms with van der Waals surface area (Å²) >= 11 is 0. The molecule has 1 atom stereocenters. The predicted molar refractivity (Wildman–Crippen MR) is 89.5 cm³/mol. The van der Waals surface area contributed by atoms with Crippen molar-refractivity contribution >= 4 is 5.97 Å². The second-order valence-electron chi connectivity index (χ2n) is 5.62. The first-order valence-corrected chi connectivity index (χ1v) is 8.57. The number of aliphatic hydroxyl groups excluding tert-OH is 1. The van der Waals surface area contributed by atoms with Crippen LogP contribution in [0.4, 0.5) is 0 Å². The first-order chi connectivity index (χ1) is 10.7. The first-order valence-electron chi connectivity index (χ1n) is 8.57. The van der Waals surface area contributed by atoms with Gasteiger partial charge >= 0.3 is 5.97 Å². The smallest absolute Gasteiger partial charge is 0.370 e. The Morgan fingerprint density at radius 1 is 0.955 bits per heavy atom. The fourth-order valence-electron chi connectivity index (χ4n) is 2.17. The van der Waals surface area contributed by atoms with Gasteiger partial charge in [-0.1, -0.05) is 69.8 Å². The predicted octanol–water partition coefficient (Wildman–Crippen LogP) is 4.79. The summed E-state index contributed by atoms with van der Waals surface area (Å²) in [6.07, 6.45) is 19.2. The highest BCUT2D eigenvalue weighted by atomic mass is 17.1. The highest BCUT2D eigenvalue weighted by Crippen LogP contribution is 2.09. The SMILES string of the molecule is CCCCCC=CC=CCCCCCCCC(O)C(=O)OO. The van der Waals surface area contributed by atoms with E-state index in [-0.39, 0.29) is 0 Å². The van der Waals surface area contributed by atoms with Crippen molar-refractivity contribution in [2.75, 3.05) is 0 Å². The molecule has 0 saturated carbocycles. The van der Waals surface area contributed by atoms with Crippen LogP contribution in [0.5, 0.6) is 0 Å². The molecule has 0 aliphatic rings. The van der Waals surface area contributed by atoms with E-state index in [1.54, 1.807) is 0 Å². The second-order valence-corrected chi connectivity index (χ2v) is 5.62. The van der Waals surface area contributed by atoms with Gasteiger partial charge in [-0.3, -0.25) is 4.89 Å². The number of unbranched alkanes of at least 4 members (excludes halogenated alkanes) is 8. The van der Waals surface area contributed by atoms with Gasteiger partial charge in [-0.2, -0.15) is 5.26 Å². The third kappa shape index (κ3) is 13.8. The molecule has 1 unspecified atom stereocenters. The van der Waals surface area contributed by atoms with Crippen LogP contribution in [-0.2, 0) is 9.68 Å². The Labute approximate surface area is 134 Å². The fraction of sp³-hybridized carbons (Fsp3) is 0.722. The molecule has 4 heteroatoms. The van der Waals surface area contributed by atoms with E-state index in [1.807, 2.05) is 0 Å². The lowest BCUT2D eigenvalue weighted by atomic mass is 10.1. The average Bonchev–Trinajstić information content (AvgIpc) is 2.54. The maximum atomic E-state index is 10.7. The van der Waals surface area contributed by atoms with Crippen LogP contribution in [-0.4, -0.2) is 22.4 Å². The van der Waals surface area contributed by atoms with E-state index in [2.05, 4.69) is 36.1 Å². The molecule has 0 aromatic heterocycles. The Morgan fingerprint density at radius 3 is 2.09 bits per heavy atom. The largest absolute Gasteiger partial charge is 0.381 e. The van der Waals surface area contributed by atoms with Gasteiger partial charge in [-0.05, 0) is 32.1 Å². The molecule has 0 aliphatic heterocycles. The van der Waals surface area contributed by atoms with Gasteiger partial charge in [0.25, 0.3) is 0 Å². The number of aliphatic hydroxyl groups is 1. The molecular formula is C18H32O4. The Balaban J connectivity index is 3.31. The zero-order valence-electron chi connectivity index (χ0n) is 13.9. The standard InChI is InChI=1S/C18H32O4/c1-2-3-4-5-6-7-8-9-10-11-12-13-14-15-16-17(19)18(20)22-21/h6-9,17,19,21H,2-5,10-16H2,1H3. The van der Waals surface area contributed by atoms with Gasteiger partial charge < -0.3 is 5.11 Å². The van der Waals surface area contributed by atoms with Crippen LogP contribution in [0.1, 0.15) is 77.6 Å². The normalized spacial score (nSPS) is 13.0. The maximum Gasteiger partial charge on any atom is 0.370 e. The van der Waals surface area contributed by atoms with E-state index in [4.69, 9.17) is 5.26 Å². The maximum absolute atomic E-state index is 10.7. The van der Waals surface area contributed by atoms with E-state index in [0.717, 1.165) is 32.1 Å². The average molecular weight is 312 g/mol. The molecule has 0 bridgehead atoms. The van der Waals surface area contributed by atoms with Gasteiger partial charge in [0.15, 0.2) is 6.10 Å². The summed E-state index contributed by atoms with van der Waals surface area (Å²) in [5.74, 6) is -0.965. The lowest BCUT2D eigenvalue weighted by Gasteiger charge is -2.05. The van der Waals surface area contributed by atoms with Crippen molar-refractivity contribution in [2.45, 2.75) is 83.7 Å². The molecule has 0 aliphatic carbocycles.